The van der Waals surface area contributed by atoms with Crippen molar-refractivity contribution < 1.29 is 0 Å². The fourth-order valence-electron chi connectivity index (χ4n) is 1.42. The van der Waals surface area contributed by atoms with E-state index >= 15 is 0 Å². The first-order chi connectivity index (χ1) is 7.16. The second-order valence-corrected chi connectivity index (χ2v) is 4.76. The highest BCUT2D eigenvalue weighted by Gasteiger charge is 2.01. The molecule has 0 bridgehead atoms. The molecule has 0 spiro atoms. The highest BCUT2D eigenvalue weighted by molar-refractivity contribution is 9.10. The molecule has 76 valence electrons. The number of aryl methyl sites for hydroxylation is 1. The van der Waals surface area contributed by atoms with E-state index in [-0.39, 0.29) is 0 Å². The van der Waals surface area contributed by atoms with Gasteiger partial charge in [-0.15, -0.1) is 0 Å². The minimum Gasteiger partial charge on any atom is -0.0831 e. The fourth-order valence-corrected chi connectivity index (χ4v) is 1.85. The molecule has 0 amide bonds. The summed E-state index contributed by atoms with van der Waals surface area (Å²) in [5, 5.41) is 0.744. The van der Waals surface area contributed by atoms with Crippen molar-refractivity contribution in [3.63, 3.8) is 0 Å². The Morgan fingerprint density at radius 1 is 0.933 bits per heavy atom. The van der Waals surface area contributed by atoms with E-state index in [4.69, 9.17) is 11.6 Å². The lowest BCUT2D eigenvalue weighted by atomic mass is 10.0. The van der Waals surface area contributed by atoms with Crippen LogP contribution in [0.1, 0.15) is 5.56 Å². The molecule has 0 fully saturated rings. The highest BCUT2D eigenvalue weighted by Crippen LogP contribution is 2.28. The van der Waals surface area contributed by atoms with Gasteiger partial charge < -0.3 is 0 Å². The first-order valence-corrected chi connectivity index (χ1v) is 5.86. The maximum absolute atomic E-state index is 6.05. The summed E-state index contributed by atoms with van der Waals surface area (Å²) >= 11 is 9.43. The van der Waals surface area contributed by atoms with Crippen LogP contribution in [0, 0.1) is 6.92 Å². The third-order valence-corrected chi connectivity index (χ3v) is 3.54. The van der Waals surface area contributed by atoms with Crippen LogP contribution in [0.2, 0.25) is 5.02 Å². The second kappa shape index (κ2) is 4.38. The molecule has 2 heteroatoms. The molecule has 0 saturated heterocycles. The number of benzene rings is 2. The summed E-state index contributed by atoms with van der Waals surface area (Å²) in [6.45, 7) is 2.08. The topological polar surface area (TPSA) is 0 Å². The molecule has 0 aliphatic carbocycles. The molecular formula is C13H10BrCl. The van der Waals surface area contributed by atoms with E-state index in [1.807, 2.05) is 12.1 Å². The summed E-state index contributed by atoms with van der Waals surface area (Å²) in [6.07, 6.45) is 0. The Hall–Kier alpha value is -0.790. The Kier molecular flexibility index (Phi) is 3.13. The maximum Gasteiger partial charge on any atom is 0.0554 e. The van der Waals surface area contributed by atoms with Gasteiger partial charge in [0.15, 0.2) is 0 Å². The largest absolute Gasteiger partial charge is 0.0831 e. The molecule has 0 saturated carbocycles. The Morgan fingerprint density at radius 2 is 1.53 bits per heavy atom. The zero-order chi connectivity index (χ0) is 10.8. The Labute approximate surface area is 103 Å². The third-order valence-electron chi connectivity index (χ3n) is 2.30. The lowest BCUT2D eigenvalue weighted by Crippen LogP contribution is -1.79. The van der Waals surface area contributed by atoms with Gasteiger partial charge >= 0.3 is 0 Å². The van der Waals surface area contributed by atoms with Gasteiger partial charge in [0.2, 0.25) is 0 Å². The molecule has 0 radical (unpaired) electrons. The fraction of sp³-hybridized carbons (Fsp3) is 0.0769. The monoisotopic (exact) mass is 280 g/mol. The smallest absolute Gasteiger partial charge is 0.0554 e. The molecule has 2 aromatic rings. The van der Waals surface area contributed by atoms with Gasteiger partial charge in [-0.3, -0.25) is 0 Å². The molecule has 0 atom stereocenters. The van der Waals surface area contributed by atoms with Crippen LogP contribution in [0.5, 0.6) is 0 Å². The zero-order valence-corrected chi connectivity index (χ0v) is 10.6. The highest BCUT2D eigenvalue weighted by atomic mass is 79.9. The minimum atomic E-state index is 0.744. The molecule has 0 heterocycles. The summed E-state index contributed by atoms with van der Waals surface area (Å²) < 4.78 is 0.931. The van der Waals surface area contributed by atoms with Crippen LogP contribution in [0.25, 0.3) is 11.1 Å². The normalized spacial score (nSPS) is 10.3. The number of hydrogen-bond acceptors (Lipinski definition) is 0. The van der Waals surface area contributed by atoms with Crippen LogP contribution in [0.3, 0.4) is 0 Å². The van der Waals surface area contributed by atoms with Crippen molar-refractivity contribution in [1.29, 1.82) is 0 Å². The van der Waals surface area contributed by atoms with Crippen molar-refractivity contribution in [2.75, 3.05) is 0 Å². The van der Waals surface area contributed by atoms with Gasteiger partial charge in [0.05, 0.1) is 5.02 Å². The van der Waals surface area contributed by atoms with E-state index in [1.54, 1.807) is 0 Å². The minimum absolute atomic E-state index is 0.744. The number of halogens is 2. The van der Waals surface area contributed by atoms with E-state index in [0.29, 0.717) is 0 Å². The molecule has 0 aliphatic heterocycles. The molecule has 0 N–H and O–H groups in total. The standard InChI is InChI=1S/C13H10BrCl/c1-9-2-4-10(5-3-9)11-6-7-12(14)13(15)8-11/h2-8H,1H3. The SMILES string of the molecule is Cc1ccc(-c2ccc(Br)c(Cl)c2)cc1. The van der Waals surface area contributed by atoms with Gasteiger partial charge in [-0.25, -0.2) is 0 Å². The van der Waals surface area contributed by atoms with Crippen LogP contribution < -0.4 is 0 Å². The van der Waals surface area contributed by atoms with Gasteiger partial charge in [-0.05, 0) is 46.1 Å². The van der Waals surface area contributed by atoms with E-state index in [1.165, 1.54) is 11.1 Å². The van der Waals surface area contributed by atoms with Crippen molar-refractivity contribution in [3.05, 3.63) is 57.5 Å². The molecule has 0 aromatic heterocycles. The first-order valence-electron chi connectivity index (χ1n) is 4.69. The van der Waals surface area contributed by atoms with Gasteiger partial charge in [-0.2, -0.15) is 0 Å². The molecule has 2 aromatic carbocycles. The van der Waals surface area contributed by atoms with E-state index in [0.717, 1.165) is 15.1 Å². The van der Waals surface area contributed by atoms with E-state index < -0.39 is 0 Å². The van der Waals surface area contributed by atoms with Crippen LogP contribution in [0.15, 0.2) is 46.9 Å². The predicted molar refractivity (Wildman–Crippen MR) is 69.3 cm³/mol. The quantitative estimate of drug-likeness (QED) is 0.684. The van der Waals surface area contributed by atoms with E-state index in [2.05, 4.69) is 53.2 Å². The average molecular weight is 282 g/mol. The van der Waals surface area contributed by atoms with Gasteiger partial charge in [0.1, 0.15) is 0 Å². The number of rotatable bonds is 1. The molecule has 0 unspecified atom stereocenters. The van der Waals surface area contributed by atoms with Crippen LogP contribution in [-0.2, 0) is 0 Å². The summed E-state index contributed by atoms with van der Waals surface area (Å²) in [4.78, 5) is 0. The molecule has 15 heavy (non-hydrogen) atoms. The van der Waals surface area contributed by atoms with Crippen molar-refractivity contribution in [2.24, 2.45) is 0 Å². The van der Waals surface area contributed by atoms with Crippen LogP contribution >= 0.6 is 27.5 Å². The zero-order valence-electron chi connectivity index (χ0n) is 8.30. The summed E-state index contributed by atoms with van der Waals surface area (Å²) in [7, 11) is 0. The Balaban J connectivity index is 2.45. The van der Waals surface area contributed by atoms with E-state index in [9.17, 15) is 0 Å². The second-order valence-electron chi connectivity index (χ2n) is 3.49. The first kappa shape index (κ1) is 10.7. The third kappa shape index (κ3) is 2.42. The van der Waals surface area contributed by atoms with Crippen molar-refractivity contribution in [1.82, 2.24) is 0 Å². The molecule has 0 aliphatic rings. The van der Waals surface area contributed by atoms with Gasteiger partial charge in [-0.1, -0.05) is 47.5 Å². The summed E-state index contributed by atoms with van der Waals surface area (Å²) in [6, 6.07) is 14.4. The predicted octanol–water partition coefficient (Wildman–Crippen LogP) is 5.08. The Bertz CT molecular complexity index is 474. The molecule has 0 nitrogen and oxygen atoms in total. The molecular weight excluding hydrogens is 272 g/mol. The average Bonchev–Trinajstić information content (AvgIpc) is 2.23. The summed E-state index contributed by atoms with van der Waals surface area (Å²) in [5.74, 6) is 0. The number of hydrogen-bond donors (Lipinski definition) is 0. The van der Waals surface area contributed by atoms with Gasteiger partial charge in [0, 0.05) is 4.47 Å². The van der Waals surface area contributed by atoms with Gasteiger partial charge in [0.25, 0.3) is 0 Å². The lowest BCUT2D eigenvalue weighted by Gasteiger charge is -2.04. The summed E-state index contributed by atoms with van der Waals surface area (Å²) in [5.41, 5.74) is 3.60. The van der Waals surface area contributed by atoms with Crippen LogP contribution in [0.4, 0.5) is 0 Å². The van der Waals surface area contributed by atoms with Crippen molar-refractivity contribution in [3.8, 4) is 11.1 Å². The van der Waals surface area contributed by atoms with Crippen molar-refractivity contribution in [2.45, 2.75) is 6.92 Å². The lowest BCUT2D eigenvalue weighted by molar-refractivity contribution is 1.47. The maximum atomic E-state index is 6.05. The van der Waals surface area contributed by atoms with Crippen molar-refractivity contribution >= 4 is 27.5 Å². The Morgan fingerprint density at radius 3 is 2.13 bits per heavy atom. The molecule has 2 rings (SSSR count). The van der Waals surface area contributed by atoms with Crippen LogP contribution in [-0.4, -0.2) is 0 Å².